The third-order valence-electron chi connectivity index (χ3n) is 0.779. The van der Waals surface area contributed by atoms with Crippen molar-refractivity contribution in [1.29, 1.82) is 0 Å². The molecule has 0 radical (unpaired) electrons. The van der Waals surface area contributed by atoms with E-state index >= 15 is 0 Å². The number of ether oxygens (including phenoxy) is 1. The van der Waals surface area contributed by atoms with Gasteiger partial charge >= 0.3 is 6.01 Å². The summed E-state index contributed by atoms with van der Waals surface area (Å²) in [6.45, 7) is 0. The lowest BCUT2D eigenvalue weighted by Crippen LogP contribution is -1.88. The molecule has 0 unspecified atom stereocenters. The van der Waals surface area contributed by atoms with Gasteiger partial charge in [-0.15, -0.1) is 0 Å². The van der Waals surface area contributed by atoms with E-state index in [0.717, 1.165) is 0 Å². The minimum absolute atomic E-state index is 0.333. The second kappa shape index (κ2) is 2.64. The van der Waals surface area contributed by atoms with Crippen LogP contribution in [-0.4, -0.2) is 17.1 Å². The minimum atomic E-state index is 0.333. The first-order valence-corrected chi connectivity index (χ1v) is 2.72. The van der Waals surface area contributed by atoms with E-state index in [1.165, 1.54) is 19.5 Å². The highest BCUT2D eigenvalue weighted by Crippen LogP contribution is 2.05. The minimum Gasteiger partial charge on any atom is -0.467 e. The van der Waals surface area contributed by atoms with Gasteiger partial charge in [-0.2, -0.15) is 0 Å². The van der Waals surface area contributed by atoms with E-state index in [2.05, 4.69) is 14.7 Å². The van der Waals surface area contributed by atoms with E-state index in [1.54, 1.807) is 0 Å². The van der Waals surface area contributed by atoms with E-state index < -0.39 is 0 Å². The zero-order valence-electron chi connectivity index (χ0n) is 4.84. The Morgan fingerprint density at radius 3 is 2.44 bits per heavy atom. The molecule has 3 nitrogen and oxygen atoms in total. The first-order valence-electron chi connectivity index (χ1n) is 2.34. The van der Waals surface area contributed by atoms with Crippen molar-refractivity contribution < 1.29 is 4.74 Å². The molecule has 1 rings (SSSR count). The van der Waals surface area contributed by atoms with Crippen LogP contribution in [0.2, 0.25) is 5.02 Å². The van der Waals surface area contributed by atoms with Gasteiger partial charge in [0, 0.05) is 0 Å². The van der Waals surface area contributed by atoms with Crippen LogP contribution in [0.1, 0.15) is 0 Å². The SMILES string of the molecule is COc1ncc(Cl)cn1. The summed E-state index contributed by atoms with van der Waals surface area (Å²) in [6, 6.07) is 0.333. The van der Waals surface area contributed by atoms with E-state index in [0.29, 0.717) is 11.0 Å². The predicted octanol–water partition coefficient (Wildman–Crippen LogP) is 1.14. The lowest BCUT2D eigenvalue weighted by Gasteiger charge is -1.93. The first kappa shape index (κ1) is 6.29. The lowest BCUT2D eigenvalue weighted by atomic mass is 10.7. The molecule has 0 atom stereocenters. The van der Waals surface area contributed by atoms with E-state index in [-0.39, 0.29) is 0 Å². The van der Waals surface area contributed by atoms with Gasteiger partial charge in [0.15, 0.2) is 0 Å². The topological polar surface area (TPSA) is 35.0 Å². The second-order valence-corrected chi connectivity index (χ2v) is 1.82. The molecule has 0 bridgehead atoms. The molecule has 1 heterocycles. The van der Waals surface area contributed by atoms with Gasteiger partial charge in [0.25, 0.3) is 0 Å². The number of methoxy groups -OCH3 is 1. The molecule has 48 valence electrons. The summed E-state index contributed by atoms with van der Waals surface area (Å²) in [7, 11) is 1.50. The average Bonchev–Trinajstić information content (AvgIpc) is 1.90. The maximum absolute atomic E-state index is 5.49. The van der Waals surface area contributed by atoms with Gasteiger partial charge in [0.1, 0.15) is 0 Å². The highest BCUT2D eigenvalue weighted by molar-refractivity contribution is 6.30. The standard InChI is InChI=1S/C5H5ClN2O/c1-9-5-7-2-4(6)3-8-5/h2-3H,1H3. The van der Waals surface area contributed by atoms with Crippen LogP contribution in [0.15, 0.2) is 12.4 Å². The predicted molar refractivity (Wildman–Crippen MR) is 33.6 cm³/mol. The van der Waals surface area contributed by atoms with Crippen LogP contribution in [-0.2, 0) is 0 Å². The molecule has 0 aliphatic carbocycles. The summed E-state index contributed by atoms with van der Waals surface area (Å²) >= 11 is 5.49. The third-order valence-corrected chi connectivity index (χ3v) is 0.974. The van der Waals surface area contributed by atoms with Crippen LogP contribution in [0.5, 0.6) is 6.01 Å². The Labute approximate surface area is 57.7 Å². The van der Waals surface area contributed by atoms with E-state index in [9.17, 15) is 0 Å². The zero-order valence-corrected chi connectivity index (χ0v) is 5.59. The average molecular weight is 145 g/mol. The van der Waals surface area contributed by atoms with Crippen LogP contribution < -0.4 is 4.74 Å². The molecular weight excluding hydrogens is 140 g/mol. The molecule has 1 aromatic heterocycles. The smallest absolute Gasteiger partial charge is 0.316 e. The van der Waals surface area contributed by atoms with E-state index in [1.807, 2.05) is 0 Å². The summed E-state index contributed by atoms with van der Waals surface area (Å²) in [5.74, 6) is 0. The number of rotatable bonds is 1. The van der Waals surface area contributed by atoms with Crippen LogP contribution >= 0.6 is 11.6 Å². The largest absolute Gasteiger partial charge is 0.467 e. The molecular formula is C5H5ClN2O. The van der Waals surface area contributed by atoms with Gasteiger partial charge in [-0.1, -0.05) is 11.6 Å². The fraction of sp³-hybridized carbons (Fsp3) is 0.200. The molecule has 0 amide bonds. The summed E-state index contributed by atoms with van der Waals surface area (Å²) in [6.07, 6.45) is 2.96. The first-order chi connectivity index (χ1) is 4.33. The van der Waals surface area contributed by atoms with Gasteiger partial charge in [-0.05, 0) is 0 Å². The molecule has 0 aliphatic heterocycles. The molecule has 0 saturated heterocycles. The Kier molecular flexibility index (Phi) is 1.85. The van der Waals surface area contributed by atoms with Crippen molar-refractivity contribution in [3.63, 3.8) is 0 Å². The summed E-state index contributed by atoms with van der Waals surface area (Å²) in [4.78, 5) is 7.46. The Morgan fingerprint density at radius 2 is 2.00 bits per heavy atom. The van der Waals surface area contributed by atoms with Crippen LogP contribution in [0.25, 0.3) is 0 Å². The Bertz CT molecular complexity index is 187. The van der Waals surface area contributed by atoms with Crippen molar-refractivity contribution in [2.24, 2.45) is 0 Å². The monoisotopic (exact) mass is 144 g/mol. The Balaban J connectivity index is 2.88. The summed E-state index contributed by atoms with van der Waals surface area (Å²) in [5.41, 5.74) is 0. The summed E-state index contributed by atoms with van der Waals surface area (Å²) in [5, 5.41) is 0.510. The number of halogens is 1. The van der Waals surface area contributed by atoms with E-state index in [4.69, 9.17) is 11.6 Å². The van der Waals surface area contributed by atoms with Crippen molar-refractivity contribution in [1.82, 2.24) is 9.97 Å². The van der Waals surface area contributed by atoms with Crippen molar-refractivity contribution in [3.8, 4) is 6.01 Å². The highest BCUT2D eigenvalue weighted by Gasteiger charge is 1.90. The number of nitrogens with zero attached hydrogens (tertiary/aromatic N) is 2. The van der Waals surface area contributed by atoms with Gasteiger partial charge in [-0.25, -0.2) is 9.97 Å². The molecule has 0 fully saturated rings. The van der Waals surface area contributed by atoms with Crippen LogP contribution in [0, 0.1) is 0 Å². The molecule has 4 heteroatoms. The quantitative estimate of drug-likeness (QED) is 0.593. The van der Waals surface area contributed by atoms with Gasteiger partial charge in [0.05, 0.1) is 24.5 Å². The lowest BCUT2D eigenvalue weighted by molar-refractivity contribution is 0.380. The molecule has 0 N–H and O–H groups in total. The summed E-state index contributed by atoms with van der Waals surface area (Å²) < 4.78 is 4.69. The number of hydrogen-bond acceptors (Lipinski definition) is 3. The fourth-order valence-corrected chi connectivity index (χ4v) is 0.503. The van der Waals surface area contributed by atoms with Crippen LogP contribution in [0.3, 0.4) is 0 Å². The van der Waals surface area contributed by atoms with Crippen molar-refractivity contribution in [2.75, 3.05) is 7.11 Å². The fourth-order valence-electron chi connectivity index (χ4n) is 0.406. The highest BCUT2D eigenvalue weighted by atomic mass is 35.5. The van der Waals surface area contributed by atoms with Crippen molar-refractivity contribution in [2.45, 2.75) is 0 Å². The van der Waals surface area contributed by atoms with Gasteiger partial charge in [-0.3, -0.25) is 0 Å². The zero-order chi connectivity index (χ0) is 6.69. The maximum atomic E-state index is 5.49. The molecule has 0 aliphatic rings. The molecule has 0 spiro atoms. The van der Waals surface area contributed by atoms with Gasteiger partial charge in [0.2, 0.25) is 0 Å². The molecule has 9 heavy (non-hydrogen) atoms. The van der Waals surface area contributed by atoms with Crippen LogP contribution in [0.4, 0.5) is 0 Å². The third kappa shape index (κ3) is 1.54. The Hall–Kier alpha value is -0.830. The second-order valence-electron chi connectivity index (χ2n) is 1.39. The van der Waals surface area contributed by atoms with Gasteiger partial charge < -0.3 is 4.74 Å². The van der Waals surface area contributed by atoms with Crippen molar-refractivity contribution >= 4 is 11.6 Å². The maximum Gasteiger partial charge on any atom is 0.316 e. The Morgan fingerprint density at radius 1 is 1.44 bits per heavy atom. The molecule has 0 saturated carbocycles. The van der Waals surface area contributed by atoms with Crippen molar-refractivity contribution in [3.05, 3.63) is 17.4 Å². The normalized spacial score (nSPS) is 9.11. The number of hydrogen-bond donors (Lipinski definition) is 0. The number of aromatic nitrogens is 2. The molecule has 1 aromatic rings. The molecule has 0 aromatic carbocycles.